The monoisotopic (exact) mass is 335 g/mol. The van der Waals surface area contributed by atoms with E-state index in [1.54, 1.807) is 24.4 Å². The molecule has 0 radical (unpaired) electrons. The zero-order valence-electron chi connectivity index (χ0n) is 14.4. The van der Waals surface area contributed by atoms with Crippen molar-refractivity contribution in [3.8, 4) is 16.9 Å². The summed E-state index contributed by atoms with van der Waals surface area (Å²) in [5, 5.41) is 9.85. The van der Waals surface area contributed by atoms with Crippen LogP contribution < -0.4 is 5.73 Å². The normalized spacial score (nSPS) is 10.8. The van der Waals surface area contributed by atoms with E-state index in [0.717, 1.165) is 34.6 Å². The Morgan fingerprint density at radius 3 is 2.64 bits per heavy atom. The molecule has 0 unspecified atom stereocenters. The number of pyridine rings is 1. The first-order valence-corrected chi connectivity index (χ1v) is 8.24. The van der Waals surface area contributed by atoms with E-state index in [0.29, 0.717) is 12.1 Å². The molecule has 0 bridgehead atoms. The van der Waals surface area contributed by atoms with E-state index in [1.807, 2.05) is 38.1 Å². The van der Waals surface area contributed by atoms with E-state index in [-0.39, 0.29) is 5.75 Å². The van der Waals surface area contributed by atoms with E-state index in [2.05, 4.69) is 9.55 Å². The van der Waals surface area contributed by atoms with Crippen molar-refractivity contribution in [1.29, 1.82) is 0 Å². The molecule has 2 heterocycles. The molecule has 3 rings (SSSR count). The van der Waals surface area contributed by atoms with Gasteiger partial charge in [-0.05, 0) is 43.2 Å². The third-order valence-electron chi connectivity index (χ3n) is 4.39. The first-order valence-electron chi connectivity index (χ1n) is 8.24. The first kappa shape index (κ1) is 16.8. The van der Waals surface area contributed by atoms with Gasteiger partial charge in [-0.3, -0.25) is 9.78 Å². The molecule has 128 valence electrons. The Kier molecular flexibility index (Phi) is 4.57. The second kappa shape index (κ2) is 6.81. The van der Waals surface area contributed by atoms with Crippen LogP contribution in [0.5, 0.6) is 5.75 Å². The van der Waals surface area contributed by atoms with Crippen molar-refractivity contribution in [3.63, 3.8) is 0 Å². The number of aromatic nitrogens is 2. The van der Waals surface area contributed by atoms with Gasteiger partial charge < -0.3 is 15.4 Å². The molecule has 0 atom stereocenters. The molecule has 0 aliphatic carbocycles. The average molecular weight is 335 g/mol. The van der Waals surface area contributed by atoms with E-state index in [4.69, 9.17) is 5.73 Å². The summed E-state index contributed by atoms with van der Waals surface area (Å²) in [6.45, 7) is 4.50. The molecule has 0 saturated carbocycles. The van der Waals surface area contributed by atoms with Gasteiger partial charge in [0.05, 0.1) is 17.8 Å². The number of phenolic OH excluding ortho intramolecular Hbond substituents is 1. The van der Waals surface area contributed by atoms with Crippen molar-refractivity contribution in [3.05, 3.63) is 71.3 Å². The van der Waals surface area contributed by atoms with Crippen LogP contribution >= 0.6 is 0 Å². The van der Waals surface area contributed by atoms with Crippen LogP contribution in [0.4, 0.5) is 0 Å². The smallest absolute Gasteiger partial charge is 0.251 e. The lowest BCUT2D eigenvalue weighted by Crippen LogP contribution is -2.13. The summed E-state index contributed by atoms with van der Waals surface area (Å²) in [6.07, 6.45) is 2.48. The Hall–Kier alpha value is -3.08. The molecule has 0 aliphatic rings. The number of rotatable bonds is 5. The summed E-state index contributed by atoms with van der Waals surface area (Å²) in [6, 6.07) is 12.7. The predicted octanol–water partition coefficient (Wildman–Crippen LogP) is 3.27. The van der Waals surface area contributed by atoms with Crippen LogP contribution in [-0.4, -0.2) is 20.6 Å². The molecule has 0 spiro atoms. The lowest BCUT2D eigenvalue weighted by molar-refractivity contribution is 0.1000. The largest absolute Gasteiger partial charge is 0.508 e. The summed E-state index contributed by atoms with van der Waals surface area (Å²) in [5.41, 5.74) is 10.5. The summed E-state index contributed by atoms with van der Waals surface area (Å²) >= 11 is 0. The topological polar surface area (TPSA) is 81.1 Å². The number of hydrogen-bond donors (Lipinski definition) is 2. The van der Waals surface area contributed by atoms with Crippen molar-refractivity contribution in [2.75, 3.05) is 0 Å². The first-order chi connectivity index (χ1) is 12.0. The van der Waals surface area contributed by atoms with Crippen LogP contribution in [-0.2, 0) is 13.0 Å². The van der Waals surface area contributed by atoms with Gasteiger partial charge in [-0.2, -0.15) is 0 Å². The number of nitrogens with zero attached hydrogens (tertiary/aromatic N) is 2. The second-order valence-electron chi connectivity index (χ2n) is 5.96. The fourth-order valence-electron chi connectivity index (χ4n) is 3.31. The molecule has 0 saturated heterocycles. The molecule has 1 amide bonds. The maximum absolute atomic E-state index is 12.2. The van der Waals surface area contributed by atoms with Crippen LogP contribution in [0.3, 0.4) is 0 Å². The summed E-state index contributed by atoms with van der Waals surface area (Å²) in [7, 11) is 0. The minimum absolute atomic E-state index is 0.158. The molecule has 3 N–H and O–H groups in total. The Bertz CT molecular complexity index is 914. The fourth-order valence-corrected chi connectivity index (χ4v) is 3.31. The van der Waals surface area contributed by atoms with Crippen LogP contribution in [0.25, 0.3) is 11.1 Å². The number of carbonyl (C=O) groups is 1. The average Bonchev–Trinajstić information content (AvgIpc) is 2.88. The molecule has 1 aromatic carbocycles. The van der Waals surface area contributed by atoms with Gasteiger partial charge in [0.15, 0.2) is 0 Å². The van der Waals surface area contributed by atoms with Gasteiger partial charge in [0.1, 0.15) is 5.75 Å². The lowest BCUT2D eigenvalue weighted by atomic mass is 9.98. The molecule has 0 aliphatic heterocycles. The fraction of sp³-hybridized carbons (Fsp3) is 0.200. The highest BCUT2D eigenvalue weighted by Gasteiger charge is 2.24. The number of aromatic hydroxyl groups is 1. The summed E-state index contributed by atoms with van der Waals surface area (Å²) < 4.78 is 2.09. The molecule has 2 aromatic heterocycles. The number of carbonyl (C=O) groups excluding carboxylic acids is 1. The standard InChI is InChI=1S/C20H21N3O2/c1-3-17-19(14-7-6-9-16(24)11-14)18(20(21)25)13(2)23(17)12-15-8-4-5-10-22-15/h4-11,24H,3,12H2,1-2H3,(H2,21,25). The SMILES string of the molecule is CCc1c(-c2cccc(O)c2)c(C(N)=O)c(C)n1Cc1ccccn1. The van der Waals surface area contributed by atoms with Crippen molar-refractivity contribution in [2.24, 2.45) is 5.73 Å². The number of benzene rings is 1. The maximum Gasteiger partial charge on any atom is 0.251 e. The van der Waals surface area contributed by atoms with Gasteiger partial charge in [-0.15, -0.1) is 0 Å². The van der Waals surface area contributed by atoms with Crippen LogP contribution in [0, 0.1) is 6.92 Å². The molecule has 5 heteroatoms. The summed E-state index contributed by atoms with van der Waals surface area (Å²) in [4.78, 5) is 16.5. The molecule has 3 aromatic rings. The number of nitrogens with two attached hydrogens (primary N) is 1. The van der Waals surface area contributed by atoms with Crippen LogP contribution in [0.2, 0.25) is 0 Å². The zero-order valence-corrected chi connectivity index (χ0v) is 14.4. The van der Waals surface area contributed by atoms with Gasteiger partial charge in [0.2, 0.25) is 0 Å². The quantitative estimate of drug-likeness (QED) is 0.751. The van der Waals surface area contributed by atoms with Crippen LogP contribution in [0.1, 0.15) is 34.4 Å². The van der Waals surface area contributed by atoms with Gasteiger partial charge >= 0.3 is 0 Å². The number of phenols is 1. The van der Waals surface area contributed by atoms with Crippen molar-refractivity contribution >= 4 is 5.91 Å². The Labute approximate surface area is 146 Å². The number of amides is 1. The Morgan fingerprint density at radius 2 is 2.04 bits per heavy atom. The third-order valence-corrected chi connectivity index (χ3v) is 4.39. The predicted molar refractivity (Wildman–Crippen MR) is 97.5 cm³/mol. The maximum atomic E-state index is 12.2. The van der Waals surface area contributed by atoms with Crippen molar-refractivity contribution in [2.45, 2.75) is 26.8 Å². The number of hydrogen-bond acceptors (Lipinski definition) is 3. The highest BCUT2D eigenvalue weighted by Crippen LogP contribution is 2.34. The highest BCUT2D eigenvalue weighted by molar-refractivity contribution is 6.02. The van der Waals surface area contributed by atoms with Gasteiger partial charge in [-0.1, -0.05) is 25.1 Å². The minimum atomic E-state index is -0.467. The van der Waals surface area contributed by atoms with Gasteiger partial charge in [0.25, 0.3) is 5.91 Å². The molecular formula is C20H21N3O2. The zero-order chi connectivity index (χ0) is 18.0. The van der Waals surface area contributed by atoms with E-state index >= 15 is 0 Å². The second-order valence-corrected chi connectivity index (χ2v) is 5.96. The minimum Gasteiger partial charge on any atom is -0.508 e. The van der Waals surface area contributed by atoms with E-state index < -0.39 is 5.91 Å². The van der Waals surface area contributed by atoms with E-state index in [9.17, 15) is 9.90 Å². The highest BCUT2D eigenvalue weighted by atomic mass is 16.3. The Morgan fingerprint density at radius 1 is 1.24 bits per heavy atom. The molecular weight excluding hydrogens is 314 g/mol. The summed E-state index contributed by atoms with van der Waals surface area (Å²) in [5.74, 6) is -0.310. The Balaban J connectivity index is 2.23. The molecule has 5 nitrogen and oxygen atoms in total. The van der Waals surface area contributed by atoms with Crippen LogP contribution in [0.15, 0.2) is 48.7 Å². The van der Waals surface area contributed by atoms with E-state index in [1.165, 1.54) is 0 Å². The van der Waals surface area contributed by atoms with Crippen molar-refractivity contribution < 1.29 is 9.90 Å². The molecule has 0 fully saturated rings. The molecule has 25 heavy (non-hydrogen) atoms. The van der Waals surface area contributed by atoms with Gasteiger partial charge in [-0.25, -0.2) is 0 Å². The third kappa shape index (κ3) is 3.13. The van der Waals surface area contributed by atoms with Gasteiger partial charge in [0, 0.05) is 23.1 Å². The lowest BCUT2D eigenvalue weighted by Gasteiger charge is -2.11. The van der Waals surface area contributed by atoms with Crippen molar-refractivity contribution in [1.82, 2.24) is 9.55 Å². The number of primary amides is 1.